The van der Waals surface area contributed by atoms with Crippen molar-refractivity contribution in [1.82, 2.24) is 0 Å². The number of anilines is 1. The Labute approximate surface area is 124 Å². The maximum Gasteiger partial charge on any atom is 0.255 e. The zero-order chi connectivity index (χ0) is 14.7. The first-order valence-electron chi connectivity index (χ1n) is 6.65. The van der Waals surface area contributed by atoms with Gasteiger partial charge in [0.2, 0.25) is 0 Å². The molecule has 20 heavy (non-hydrogen) atoms. The third-order valence-electron chi connectivity index (χ3n) is 3.29. The minimum absolute atomic E-state index is 0.120. The number of benzene rings is 2. The second kappa shape index (κ2) is 6.10. The van der Waals surface area contributed by atoms with Gasteiger partial charge in [-0.3, -0.25) is 4.79 Å². The summed E-state index contributed by atoms with van der Waals surface area (Å²) in [7, 11) is 0. The van der Waals surface area contributed by atoms with Crippen molar-refractivity contribution in [3.05, 3.63) is 64.2 Å². The average Bonchev–Trinajstić information content (AvgIpc) is 2.43. The van der Waals surface area contributed by atoms with Gasteiger partial charge in [-0.05, 0) is 48.2 Å². The number of carbonyl (C=O) groups excluding carboxylic acids is 1. The number of nitrogens with one attached hydrogen (secondary N) is 1. The second-order valence-corrected chi connectivity index (χ2v) is 5.63. The number of hydrogen-bond donors (Lipinski definition) is 1. The molecule has 2 aromatic carbocycles. The van der Waals surface area contributed by atoms with Crippen LogP contribution in [0.4, 0.5) is 5.69 Å². The first-order valence-corrected chi connectivity index (χ1v) is 7.02. The fourth-order valence-corrected chi connectivity index (χ4v) is 2.11. The number of hydrogen-bond acceptors (Lipinski definition) is 1. The summed E-state index contributed by atoms with van der Waals surface area (Å²) < 4.78 is 0. The molecule has 0 radical (unpaired) electrons. The molecule has 2 nitrogen and oxygen atoms in total. The number of halogens is 1. The lowest BCUT2D eigenvalue weighted by molar-refractivity contribution is 0.102. The summed E-state index contributed by atoms with van der Waals surface area (Å²) >= 11 is 5.95. The van der Waals surface area contributed by atoms with Crippen LogP contribution >= 0.6 is 11.6 Å². The first kappa shape index (κ1) is 14.6. The smallest absolute Gasteiger partial charge is 0.255 e. The molecular formula is C17H18ClNO. The Balaban J connectivity index is 2.17. The Bertz CT molecular complexity index is 617. The van der Waals surface area contributed by atoms with Crippen LogP contribution in [-0.2, 0) is 0 Å². The Morgan fingerprint density at radius 1 is 1.10 bits per heavy atom. The molecule has 1 amide bonds. The van der Waals surface area contributed by atoms with Gasteiger partial charge in [0.25, 0.3) is 5.91 Å². The second-order valence-electron chi connectivity index (χ2n) is 5.19. The molecule has 0 aliphatic rings. The van der Waals surface area contributed by atoms with Gasteiger partial charge in [0, 0.05) is 16.3 Å². The van der Waals surface area contributed by atoms with Crippen LogP contribution in [0, 0.1) is 6.92 Å². The third-order valence-corrected chi connectivity index (χ3v) is 3.52. The Morgan fingerprint density at radius 3 is 2.35 bits per heavy atom. The van der Waals surface area contributed by atoms with Gasteiger partial charge in [-0.1, -0.05) is 43.6 Å². The summed E-state index contributed by atoms with van der Waals surface area (Å²) in [4.78, 5) is 12.2. The van der Waals surface area contributed by atoms with Crippen LogP contribution in [0.2, 0.25) is 5.02 Å². The van der Waals surface area contributed by atoms with Crippen molar-refractivity contribution < 1.29 is 4.79 Å². The molecule has 0 heterocycles. The van der Waals surface area contributed by atoms with E-state index in [2.05, 4.69) is 19.2 Å². The Morgan fingerprint density at radius 2 is 1.75 bits per heavy atom. The molecule has 2 aromatic rings. The Kier molecular flexibility index (Phi) is 4.46. The van der Waals surface area contributed by atoms with Crippen LogP contribution in [-0.4, -0.2) is 5.91 Å². The van der Waals surface area contributed by atoms with Crippen LogP contribution in [0.5, 0.6) is 0 Å². The van der Waals surface area contributed by atoms with Crippen LogP contribution < -0.4 is 5.32 Å². The largest absolute Gasteiger partial charge is 0.322 e. The highest BCUT2D eigenvalue weighted by Crippen LogP contribution is 2.21. The van der Waals surface area contributed by atoms with Gasteiger partial charge in [-0.15, -0.1) is 0 Å². The fraction of sp³-hybridized carbons (Fsp3) is 0.235. The molecule has 0 bridgehead atoms. The van der Waals surface area contributed by atoms with Crippen LogP contribution in [0.15, 0.2) is 42.5 Å². The molecule has 0 aromatic heterocycles. The summed E-state index contributed by atoms with van der Waals surface area (Å²) in [5.41, 5.74) is 3.60. The van der Waals surface area contributed by atoms with E-state index in [0.29, 0.717) is 16.5 Å². The molecule has 3 heteroatoms. The van der Waals surface area contributed by atoms with Crippen molar-refractivity contribution in [3.8, 4) is 0 Å². The highest BCUT2D eigenvalue weighted by atomic mass is 35.5. The molecule has 0 saturated carbocycles. The molecule has 0 saturated heterocycles. The van der Waals surface area contributed by atoms with Crippen molar-refractivity contribution in [3.63, 3.8) is 0 Å². The molecule has 0 fully saturated rings. The predicted octanol–water partition coefficient (Wildman–Crippen LogP) is 5.02. The van der Waals surface area contributed by atoms with Crippen LogP contribution in [0.1, 0.15) is 41.3 Å². The zero-order valence-corrected chi connectivity index (χ0v) is 12.7. The van der Waals surface area contributed by atoms with Gasteiger partial charge < -0.3 is 5.32 Å². The molecule has 2 rings (SSSR count). The third kappa shape index (κ3) is 3.40. The lowest BCUT2D eigenvalue weighted by Crippen LogP contribution is -2.12. The van der Waals surface area contributed by atoms with E-state index in [-0.39, 0.29) is 5.91 Å². The SMILES string of the molecule is Cc1ccc(Cl)cc1NC(=O)c1ccc(C(C)C)cc1. The van der Waals surface area contributed by atoms with E-state index in [4.69, 9.17) is 11.6 Å². The predicted molar refractivity (Wildman–Crippen MR) is 84.7 cm³/mol. The maximum absolute atomic E-state index is 12.2. The van der Waals surface area contributed by atoms with Crippen LogP contribution in [0.3, 0.4) is 0 Å². The monoisotopic (exact) mass is 287 g/mol. The quantitative estimate of drug-likeness (QED) is 0.843. The normalized spacial score (nSPS) is 10.7. The topological polar surface area (TPSA) is 29.1 Å². The van der Waals surface area contributed by atoms with E-state index in [9.17, 15) is 4.79 Å². The van der Waals surface area contributed by atoms with Gasteiger partial charge in [0.1, 0.15) is 0 Å². The van der Waals surface area contributed by atoms with Crippen molar-refractivity contribution in [2.24, 2.45) is 0 Å². The summed E-state index contributed by atoms with van der Waals surface area (Å²) in [6, 6.07) is 13.1. The average molecular weight is 288 g/mol. The fourth-order valence-electron chi connectivity index (χ4n) is 1.94. The van der Waals surface area contributed by atoms with E-state index in [1.54, 1.807) is 6.07 Å². The summed E-state index contributed by atoms with van der Waals surface area (Å²) in [5.74, 6) is 0.341. The Hall–Kier alpha value is -1.80. The maximum atomic E-state index is 12.2. The number of rotatable bonds is 3. The minimum Gasteiger partial charge on any atom is -0.322 e. The van der Waals surface area contributed by atoms with Crippen molar-refractivity contribution in [2.75, 3.05) is 5.32 Å². The van der Waals surface area contributed by atoms with Crippen molar-refractivity contribution in [2.45, 2.75) is 26.7 Å². The summed E-state index contributed by atoms with van der Waals surface area (Å²) in [6.45, 7) is 6.20. The van der Waals surface area contributed by atoms with Gasteiger partial charge in [-0.2, -0.15) is 0 Å². The minimum atomic E-state index is -0.120. The number of amides is 1. The standard InChI is InChI=1S/C17H18ClNO/c1-11(2)13-5-7-14(8-6-13)17(20)19-16-10-15(18)9-4-12(16)3/h4-11H,1-3H3,(H,19,20). The van der Waals surface area contributed by atoms with Gasteiger partial charge in [0.05, 0.1) is 0 Å². The molecule has 0 unspecified atom stereocenters. The van der Waals surface area contributed by atoms with E-state index < -0.39 is 0 Å². The molecule has 0 aliphatic heterocycles. The van der Waals surface area contributed by atoms with Gasteiger partial charge in [-0.25, -0.2) is 0 Å². The molecule has 0 aliphatic carbocycles. The van der Waals surface area contributed by atoms with E-state index in [0.717, 1.165) is 11.3 Å². The number of aryl methyl sites for hydroxylation is 1. The molecule has 1 N–H and O–H groups in total. The zero-order valence-electron chi connectivity index (χ0n) is 11.9. The van der Waals surface area contributed by atoms with Crippen molar-refractivity contribution in [1.29, 1.82) is 0 Å². The summed E-state index contributed by atoms with van der Waals surface area (Å²) in [6.07, 6.45) is 0. The number of carbonyl (C=O) groups is 1. The molecular weight excluding hydrogens is 270 g/mol. The molecule has 104 valence electrons. The highest BCUT2D eigenvalue weighted by molar-refractivity contribution is 6.31. The highest BCUT2D eigenvalue weighted by Gasteiger charge is 2.08. The lowest BCUT2D eigenvalue weighted by atomic mass is 10.0. The van der Waals surface area contributed by atoms with Crippen LogP contribution in [0.25, 0.3) is 0 Å². The summed E-state index contributed by atoms with van der Waals surface area (Å²) in [5, 5.41) is 3.50. The van der Waals surface area contributed by atoms with E-state index in [1.807, 2.05) is 43.3 Å². The van der Waals surface area contributed by atoms with E-state index >= 15 is 0 Å². The molecule has 0 spiro atoms. The van der Waals surface area contributed by atoms with Gasteiger partial charge in [0.15, 0.2) is 0 Å². The lowest BCUT2D eigenvalue weighted by Gasteiger charge is -2.10. The van der Waals surface area contributed by atoms with Gasteiger partial charge >= 0.3 is 0 Å². The van der Waals surface area contributed by atoms with Crippen molar-refractivity contribution >= 4 is 23.2 Å². The van der Waals surface area contributed by atoms with E-state index in [1.165, 1.54) is 5.56 Å². The molecule has 0 atom stereocenters. The first-order chi connectivity index (χ1) is 9.47.